The Labute approximate surface area is 129 Å². The maximum absolute atomic E-state index is 13.3. The van der Waals surface area contributed by atoms with E-state index in [2.05, 4.69) is 20.9 Å². The molecule has 0 atom stereocenters. The molecule has 1 aliphatic rings. The highest BCUT2D eigenvalue weighted by molar-refractivity contribution is 9.10. The molecule has 0 bridgehead atoms. The van der Waals surface area contributed by atoms with Crippen LogP contribution >= 0.6 is 15.9 Å². The van der Waals surface area contributed by atoms with E-state index in [1.54, 1.807) is 0 Å². The van der Waals surface area contributed by atoms with Gasteiger partial charge in [0.15, 0.2) is 11.6 Å². The van der Waals surface area contributed by atoms with E-state index in [0.29, 0.717) is 5.75 Å². The third-order valence-electron chi connectivity index (χ3n) is 3.35. The lowest BCUT2D eigenvalue weighted by Gasteiger charge is -2.18. The van der Waals surface area contributed by atoms with Crippen LogP contribution < -0.4 is 4.74 Å². The van der Waals surface area contributed by atoms with Gasteiger partial charge in [0, 0.05) is 17.3 Å². The fourth-order valence-corrected chi connectivity index (χ4v) is 2.72. The molecule has 0 unspecified atom stereocenters. The Bertz CT molecular complexity index is 743. The Morgan fingerprint density at radius 1 is 1.10 bits per heavy atom. The molecule has 108 valence electrons. The highest BCUT2D eigenvalue weighted by Gasteiger charge is 2.18. The zero-order chi connectivity index (χ0) is 15.0. The lowest BCUT2D eigenvalue weighted by molar-refractivity contribution is 0.455. The summed E-state index contributed by atoms with van der Waals surface area (Å²) in [5, 5.41) is 0. The fraction of sp³-hybridized carbons (Fsp3) is 0.188. The molecule has 0 N–H and O–H groups in total. The molecule has 0 saturated carbocycles. The third-order valence-corrected chi connectivity index (χ3v) is 3.97. The first-order chi connectivity index (χ1) is 10.0. The van der Waals surface area contributed by atoms with E-state index in [4.69, 9.17) is 4.74 Å². The molecule has 2 aromatic rings. The molecular weight excluding hydrogens is 340 g/mol. The van der Waals surface area contributed by atoms with Crippen molar-refractivity contribution in [1.82, 2.24) is 0 Å². The van der Waals surface area contributed by atoms with Gasteiger partial charge in [0.25, 0.3) is 0 Å². The van der Waals surface area contributed by atoms with E-state index in [-0.39, 0.29) is 5.75 Å². The maximum Gasteiger partial charge on any atom is 0.162 e. The first-order valence-corrected chi connectivity index (χ1v) is 7.32. The molecule has 0 aromatic heterocycles. The normalized spacial score (nSPS) is 13.6. The molecule has 2 aromatic carbocycles. The first-order valence-electron chi connectivity index (χ1n) is 6.53. The summed E-state index contributed by atoms with van der Waals surface area (Å²) in [7, 11) is 0. The molecule has 3 rings (SSSR count). The molecule has 1 aliphatic heterocycles. The molecule has 5 heteroatoms. The molecule has 21 heavy (non-hydrogen) atoms. The number of hydrogen-bond donors (Lipinski definition) is 0. The highest BCUT2D eigenvalue weighted by Crippen LogP contribution is 2.41. The highest BCUT2D eigenvalue weighted by atomic mass is 79.9. The molecule has 0 saturated heterocycles. The van der Waals surface area contributed by atoms with Crippen molar-refractivity contribution in [2.45, 2.75) is 19.8 Å². The minimum absolute atomic E-state index is 0.259. The molecule has 1 heterocycles. The van der Waals surface area contributed by atoms with Crippen molar-refractivity contribution in [1.29, 1.82) is 0 Å². The van der Waals surface area contributed by atoms with Crippen molar-refractivity contribution < 1.29 is 13.5 Å². The average molecular weight is 352 g/mol. The van der Waals surface area contributed by atoms with Gasteiger partial charge in [-0.25, -0.2) is 8.78 Å². The van der Waals surface area contributed by atoms with Crippen LogP contribution in [-0.2, 0) is 6.42 Å². The van der Waals surface area contributed by atoms with E-state index in [1.165, 1.54) is 6.07 Å². The number of ether oxygens (including phenoxy) is 1. The zero-order valence-corrected chi connectivity index (χ0v) is 12.9. The quantitative estimate of drug-likeness (QED) is 0.694. The minimum Gasteiger partial charge on any atom is -0.456 e. The van der Waals surface area contributed by atoms with Crippen LogP contribution in [0.15, 0.2) is 39.8 Å². The van der Waals surface area contributed by atoms with Crippen LogP contribution in [0.3, 0.4) is 0 Å². The van der Waals surface area contributed by atoms with Crippen molar-refractivity contribution in [3.05, 3.63) is 52.0 Å². The second-order valence-corrected chi connectivity index (χ2v) is 5.75. The summed E-state index contributed by atoms with van der Waals surface area (Å²) in [5.41, 5.74) is 2.91. The molecule has 0 amide bonds. The Morgan fingerprint density at radius 2 is 1.90 bits per heavy atom. The molecule has 0 fully saturated rings. The number of rotatable bonds is 2. The van der Waals surface area contributed by atoms with Gasteiger partial charge in [-0.15, -0.1) is 0 Å². The second-order valence-electron chi connectivity index (χ2n) is 4.90. The van der Waals surface area contributed by atoms with Crippen LogP contribution in [0.4, 0.5) is 14.5 Å². The van der Waals surface area contributed by atoms with Gasteiger partial charge in [-0.05, 0) is 60.0 Å². The van der Waals surface area contributed by atoms with Crippen LogP contribution in [0, 0.1) is 11.6 Å². The van der Waals surface area contributed by atoms with Crippen molar-refractivity contribution in [3.63, 3.8) is 0 Å². The lowest BCUT2D eigenvalue weighted by Crippen LogP contribution is -2.04. The zero-order valence-electron chi connectivity index (χ0n) is 11.3. The number of benzene rings is 2. The Balaban J connectivity index is 2.02. The van der Waals surface area contributed by atoms with Gasteiger partial charge >= 0.3 is 0 Å². The summed E-state index contributed by atoms with van der Waals surface area (Å²) < 4.78 is 32.8. The summed E-state index contributed by atoms with van der Waals surface area (Å²) in [6.07, 6.45) is 1.67. The van der Waals surface area contributed by atoms with E-state index in [9.17, 15) is 8.78 Å². The molecule has 0 spiro atoms. The number of halogens is 3. The molecular formula is C16H12BrF2NO. The Kier molecular flexibility index (Phi) is 3.76. The van der Waals surface area contributed by atoms with Crippen molar-refractivity contribution in [2.75, 3.05) is 0 Å². The summed E-state index contributed by atoms with van der Waals surface area (Å²) in [6, 6.07) is 7.26. The molecule has 0 aliphatic carbocycles. The van der Waals surface area contributed by atoms with Gasteiger partial charge in [0.2, 0.25) is 0 Å². The number of nitrogens with zero attached hydrogens (tertiary/aromatic N) is 1. The smallest absolute Gasteiger partial charge is 0.162 e. The fourth-order valence-electron chi connectivity index (χ4n) is 2.27. The summed E-state index contributed by atoms with van der Waals surface area (Å²) in [5.74, 6) is -0.956. The predicted octanol–water partition coefficient (Wildman–Crippen LogP) is 5.56. The largest absolute Gasteiger partial charge is 0.456 e. The van der Waals surface area contributed by atoms with E-state index < -0.39 is 11.6 Å². The van der Waals surface area contributed by atoms with E-state index in [0.717, 1.165) is 46.4 Å². The SMILES string of the molecule is CC1=Nc2ccc(Br)c(Oc3ccc(F)c(F)c3)c2CC1. The van der Waals surface area contributed by atoms with Crippen LogP contribution in [0.1, 0.15) is 18.9 Å². The van der Waals surface area contributed by atoms with Crippen molar-refractivity contribution >= 4 is 27.3 Å². The Morgan fingerprint density at radius 3 is 2.67 bits per heavy atom. The maximum atomic E-state index is 13.3. The summed E-state index contributed by atoms with van der Waals surface area (Å²) >= 11 is 3.44. The molecule has 0 radical (unpaired) electrons. The monoisotopic (exact) mass is 351 g/mol. The van der Waals surface area contributed by atoms with E-state index >= 15 is 0 Å². The Hall–Kier alpha value is -1.75. The van der Waals surface area contributed by atoms with E-state index in [1.807, 2.05) is 19.1 Å². The summed E-state index contributed by atoms with van der Waals surface area (Å²) in [6.45, 7) is 1.99. The lowest BCUT2D eigenvalue weighted by atomic mass is 10.0. The van der Waals surface area contributed by atoms with Crippen LogP contribution in [0.2, 0.25) is 0 Å². The standard InChI is InChI=1S/C16H12BrF2NO/c1-9-2-4-11-15(20-9)7-5-12(17)16(11)21-10-3-6-13(18)14(19)8-10/h3,5-8H,2,4H2,1H3. The van der Waals surface area contributed by atoms with Crippen LogP contribution in [-0.4, -0.2) is 5.71 Å². The first kappa shape index (κ1) is 14.2. The van der Waals surface area contributed by atoms with Gasteiger partial charge in [-0.2, -0.15) is 0 Å². The topological polar surface area (TPSA) is 21.6 Å². The number of fused-ring (bicyclic) bond motifs is 1. The van der Waals surface area contributed by atoms with Crippen LogP contribution in [0.5, 0.6) is 11.5 Å². The third kappa shape index (κ3) is 2.83. The van der Waals surface area contributed by atoms with Crippen molar-refractivity contribution in [2.24, 2.45) is 4.99 Å². The van der Waals surface area contributed by atoms with Gasteiger partial charge < -0.3 is 4.74 Å². The number of hydrogen-bond acceptors (Lipinski definition) is 2. The van der Waals surface area contributed by atoms with Gasteiger partial charge in [-0.1, -0.05) is 0 Å². The minimum atomic E-state index is -0.928. The second kappa shape index (κ2) is 5.56. The average Bonchev–Trinajstić information content (AvgIpc) is 2.46. The summed E-state index contributed by atoms with van der Waals surface area (Å²) in [4.78, 5) is 4.50. The molecule has 2 nitrogen and oxygen atoms in total. The van der Waals surface area contributed by atoms with Gasteiger partial charge in [-0.3, -0.25) is 4.99 Å². The van der Waals surface area contributed by atoms with Gasteiger partial charge in [0.05, 0.1) is 10.2 Å². The number of aliphatic imine (C=N–C) groups is 1. The van der Waals surface area contributed by atoms with Crippen molar-refractivity contribution in [3.8, 4) is 11.5 Å². The van der Waals surface area contributed by atoms with Gasteiger partial charge in [0.1, 0.15) is 11.5 Å². The predicted molar refractivity (Wildman–Crippen MR) is 81.7 cm³/mol. The van der Waals surface area contributed by atoms with Crippen LogP contribution in [0.25, 0.3) is 0 Å².